The zero-order chi connectivity index (χ0) is 19.4. The van der Waals surface area contributed by atoms with Gasteiger partial charge in [-0.2, -0.15) is 0 Å². The number of nitrogens with zero attached hydrogens (tertiary/aromatic N) is 2. The second-order valence-electron chi connectivity index (χ2n) is 7.24. The van der Waals surface area contributed by atoms with Crippen molar-refractivity contribution in [1.29, 1.82) is 0 Å². The van der Waals surface area contributed by atoms with Crippen LogP contribution in [-0.4, -0.2) is 26.6 Å². The van der Waals surface area contributed by atoms with Crippen LogP contribution in [0.3, 0.4) is 0 Å². The fourth-order valence-corrected chi connectivity index (χ4v) is 2.66. The molecule has 7 nitrogen and oxygen atoms in total. The zero-order valence-corrected chi connectivity index (χ0v) is 15.6. The Morgan fingerprint density at radius 3 is 2.56 bits per heavy atom. The maximum atomic E-state index is 11.8. The number of anilines is 1. The summed E-state index contributed by atoms with van der Waals surface area (Å²) >= 11 is 0. The second kappa shape index (κ2) is 7.57. The van der Waals surface area contributed by atoms with Gasteiger partial charge < -0.3 is 9.72 Å². The van der Waals surface area contributed by atoms with E-state index >= 15 is 0 Å². The molecule has 7 heteroatoms. The summed E-state index contributed by atoms with van der Waals surface area (Å²) in [5.41, 5.74) is 3.24. The van der Waals surface area contributed by atoms with Gasteiger partial charge in [0.2, 0.25) is 0 Å². The van der Waals surface area contributed by atoms with Gasteiger partial charge in [-0.25, -0.2) is 14.8 Å². The molecule has 2 aromatic heterocycles. The first kappa shape index (κ1) is 18.6. The van der Waals surface area contributed by atoms with Crippen LogP contribution in [0, 0.1) is 0 Å². The van der Waals surface area contributed by atoms with E-state index in [2.05, 4.69) is 20.3 Å². The number of aromatic amines is 1. The molecular formula is C20H22N4O3. The Morgan fingerprint density at radius 1 is 1.11 bits per heavy atom. The lowest BCUT2D eigenvalue weighted by Gasteiger charge is -2.19. The molecule has 1 aromatic carbocycles. The van der Waals surface area contributed by atoms with Crippen molar-refractivity contribution in [2.24, 2.45) is 0 Å². The van der Waals surface area contributed by atoms with Crippen molar-refractivity contribution < 1.29 is 9.53 Å². The van der Waals surface area contributed by atoms with Crippen LogP contribution in [0.4, 0.5) is 10.5 Å². The van der Waals surface area contributed by atoms with Crippen LogP contribution in [0.5, 0.6) is 0 Å². The van der Waals surface area contributed by atoms with Crippen LogP contribution in [0.1, 0.15) is 31.9 Å². The topological polar surface area (TPSA) is 97.0 Å². The first-order chi connectivity index (χ1) is 12.8. The number of hydrogen-bond acceptors (Lipinski definition) is 5. The molecule has 0 bridgehead atoms. The summed E-state index contributed by atoms with van der Waals surface area (Å²) in [5, 5.41) is 2.72. The van der Waals surface area contributed by atoms with Crippen LogP contribution >= 0.6 is 0 Å². The van der Waals surface area contributed by atoms with Crippen molar-refractivity contribution in [2.45, 2.75) is 39.2 Å². The molecule has 0 spiro atoms. The number of H-pyrrole nitrogens is 1. The third-order valence-corrected chi connectivity index (χ3v) is 3.84. The number of rotatable bonds is 4. The molecule has 0 atom stereocenters. The van der Waals surface area contributed by atoms with Crippen LogP contribution in [0.15, 0.2) is 47.5 Å². The third kappa shape index (κ3) is 5.13. The van der Waals surface area contributed by atoms with Crippen molar-refractivity contribution in [1.82, 2.24) is 15.0 Å². The van der Waals surface area contributed by atoms with Crippen molar-refractivity contribution in [3.63, 3.8) is 0 Å². The van der Waals surface area contributed by atoms with Crippen molar-refractivity contribution in [2.75, 3.05) is 5.32 Å². The number of pyridine rings is 1. The summed E-state index contributed by atoms with van der Waals surface area (Å²) in [6.45, 7) is 5.47. The summed E-state index contributed by atoms with van der Waals surface area (Å²) in [6.07, 6.45) is 4.02. The average molecular weight is 366 g/mol. The average Bonchev–Trinajstić information content (AvgIpc) is 2.59. The van der Waals surface area contributed by atoms with E-state index in [1.54, 1.807) is 6.20 Å². The number of carbonyl (C=O) groups is 1. The van der Waals surface area contributed by atoms with Gasteiger partial charge in [-0.3, -0.25) is 10.1 Å². The monoisotopic (exact) mass is 366 g/mol. The van der Waals surface area contributed by atoms with Gasteiger partial charge in [0.1, 0.15) is 11.1 Å². The maximum Gasteiger partial charge on any atom is 0.412 e. The fraction of sp³-hybridized carbons (Fsp3) is 0.300. The highest BCUT2D eigenvalue weighted by Gasteiger charge is 2.16. The van der Waals surface area contributed by atoms with Gasteiger partial charge >= 0.3 is 6.09 Å². The largest absolute Gasteiger partial charge is 0.444 e. The zero-order valence-electron chi connectivity index (χ0n) is 15.6. The van der Waals surface area contributed by atoms with E-state index in [1.165, 1.54) is 6.20 Å². The Morgan fingerprint density at radius 2 is 1.85 bits per heavy atom. The second-order valence-corrected chi connectivity index (χ2v) is 7.24. The predicted octanol–water partition coefficient (Wildman–Crippen LogP) is 3.45. The van der Waals surface area contributed by atoms with E-state index in [-0.39, 0.29) is 5.56 Å². The molecule has 140 valence electrons. The van der Waals surface area contributed by atoms with Crippen molar-refractivity contribution >= 4 is 22.9 Å². The Hall–Kier alpha value is -3.22. The standard InChI is InChI=1S/C20H22N4O3/c1-20(2,3)27-19(26)23-15-8-5-13(6-9-15)4-7-14-10-11-21-18-17(14)22-12-16(25)24-18/h5-6,8-12H,4,7H2,1-3H3,(H,23,26)(H,21,24,25). The normalized spacial score (nSPS) is 11.4. The quantitative estimate of drug-likeness (QED) is 0.737. The van der Waals surface area contributed by atoms with Crippen LogP contribution in [0.2, 0.25) is 0 Å². The van der Waals surface area contributed by atoms with Gasteiger partial charge in [0, 0.05) is 11.9 Å². The van der Waals surface area contributed by atoms with Crippen LogP contribution in [-0.2, 0) is 17.6 Å². The third-order valence-electron chi connectivity index (χ3n) is 3.84. The van der Waals surface area contributed by atoms with Crippen molar-refractivity contribution in [3.05, 3.63) is 64.2 Å². The number of carbonyl (C=O) groups excluding carboxylic acids is 1. The van der Waals surface area contributed by atoms with Gasteiger partial charge in [0.15, 0.2) is 5.65 Å². The molecule has 3 rings (SSSR count). The van der Waals surface area contributed by atoms with E-state index in [1.807, 2.05) is 51.1 Å². The first-order valence-corrected chi connectivity index (χ1v) is 8.72. The number of amides is 1. The van der Waals surface area contributed by atoms with Gasteiger partial charge in [0.05, 0.1) is 6.20 Å². The molecule has 0 saturated carbocycles. The summed E-state index contributed by atoms with van der Waals surface area (Å²) in [4.78, 5) is 34.2. The Bertz CT molecular complexity index is 1000. The molecule has 3 aromatic rings. The summed E-state index contributed by atoms with van der Waals surface area (Å²) in [6, 6.07) is 9.53. The SMILES string of the molecule is CC(C)(C)OC(=O)Nc1ccc(CCc2ccnc3[nH]c(=O)cnc23)cc1. The van der Waals surface area contributed by atoms with E-state index in [0.717, 1.165) is 24.0 Å². The number of aromatic nitrogens is 3. The highest BCUT2D eigenvalue weighted by Crippen LogP contribution is 2.16. The Balaban J connectivity index is 1.64. The molecular weight excluding hydrogens is 344 g/mol. The highest BCUT2D eigenvalue weighted by molar-refractivity contribution is 5.84. The number of aryl methyl sites for hydroxylation is 2. The number of benzene rings is 1. The van der Waals surface area contributed by atoms with Crippen molar-refractivity contribution in [3.8, 4) is 0 Å². The molecule has 0 aliphatic rings. The maximum absolute atomic E-state index is 11.8. The number of ether oxygens (including phenoxy) is 1. The molecule has 0 aliphatic heterocycles. The molecule has 0 saturated heterocycles. The minimum Gasteiger partial charge on any atom is -0.444 e. The summed E-state index contributed by atoms with van der Waals surface area (Å²) in [7, 11) is 0. The van der Waals surface area contributed by atoms with Gasteiger partial charge in [0.25, 0.3) is 5.56 Å². The van der Waals surface area contributed by atoms with E-state index < -0.39 is 11.7 Å². The summed E-state index contributed by atoms with van der Waals surface area (Å²) < 4.78 is 5.24. The molecule has 0 radical (unpaired) electrons. The highest BCUT2D eigenvalue weighted by atomic mass is 16.6. The molecule has 1 amide bonds. The minimum absolute atomic E-state index is 0.264. The lowest BCUT2D eigenvalue weighted by molar-refractivity contribution is 0.0636. The molecule has 2 N–H and O–H groups in total. The number of hydrogen-bond donors (Lipinski definition) is 2. The lowest BCUT2D eigenvalue weighted by Crippen LogP contribution is -2.27. The predicted molar refractivity (Wildman–Crippen MR) is 104 cm³/mol. The van der Waals surface area contributed by atoms with Gasteiger partial charge in [-0.05, 0) is 62.9 Å². The van der Waals surface area contributed by atoms with Crippen LogP contribution in [0.25, 0.3) is 11.2 Å². The summed E-state index contributed by atoms with van der Waals surface area (Å²) in [5.74, 6) is 0. The van der Waals surface area contributed by atoms with Crippen LogP contribution < -0.4 is 10.9 Å². The Kier molecular flexibility index (Phi) is 5.21. The molecule has 0 unspecified atom stereocenters. The number of nitrogens with one attached hydrogen (secondary N) is 2. The molecule has 2 heterocycles. The smallest absolute Gasteiger partial charge is 0.412 e. The van der Waals surface area contributed by atoms with E-state index in [9.17, 15) is 9.59 Å². The molecule has 27 heavy (non-hydrogen) atoms. The lowest BCUT2D eigenvalue weighted by atomic mass is 10.0. The van der Waals surface area contributed by atoms with E-state index in [0.29, 0.717) is 16.9 Å². The number of fused-ring (bicyclic) bond motifs is 1. The van der Waals surface area contributed by atoms with Gasteiger partial charge in [-0.15, -0.1) is 0 Å². The first-order valence-electron chi connectivity index (χ1n) is 8.72. The van der Waals surface area contributed by atoms with E-state index in [4.69, 9.17) is 4.74 Å². The fourth-order valence-electron chi connectivity index (χ4n) is 2.66. The molecule has 0 fully saturated rings. The Labute approximate surface area is 156 Å². The molecule has 0 aliphatic carbocycles. The minimum atomic E-state index is -0.532. The van der Waals surface area contributed by atoms with Gasteiger partial charge in [-0.1, -0.05) is 12.1 Å².